The summed E-state index contributed by atoms with van der Waals surface area (Å²) < 4.78 is 30.6. The van der Waals surface area contributed by atoms with Crippen molar-refractivity contribution in [3.05, 3.63) is 65.2 Å². The number of hydrogen-bond acceptors (Lipinski definition) is 3. The van der Waals surface area contributed by atoms with Crippen molar-refractivity contribution < 1.29 is 23.1 Å². The molecule has 0 aliphatic rings. The van der Waals surface area contributed by atoms with E-state index in [4.69, 9.17) is 4.74 Å². The lowest BCUT2D eigenvalue weighted by atomic mass is 10.1. The first-order chi connectivity index (χ1) is 10.5. The van der Waals surface area contributed by atoms with E-state index in [0.29, 0.717) is 5.56 Å². The van der Waals surface area contributed by atoms with E-state index in [1.165, 1.54) is 6.07 Å². The molecule has 1 amide bonds. The molecule has 0 radical (unpaired) electrons. The number of carbonyl (C=O) groups excluding carboxylic acids is 2. The molecule has 0 bridgehead atoms. The summed E-state index contributed by atoms with van der Waals surface area (Å²) in [6.07, 6.45) is 0. The average Bonchev–Trinajstić information content (AvgIpc) is 2.49. The summed E-state index contributed by atoms with van der Waals surface area (Å²) in [5.74, 6) is -3.37. The lowest BCUT2D eigenvalue weighted by molar-refractivity contribution is -0.119. The Bertz CT molecular complexity index is 699. The van der Waals surface area contributed by atoms with E-state index in [1.54, 1.807) is 24.3 Å². The molecule has 4 nitrogen and oxygen atoms in total. The third kappa shape index (κ3) is 4.12. The number of benzene rings is 2. The van der Waals surface area contributed by atoms with Gasteiger partial charge in [-0.3, -0.25) is 4.79 Å². The molecule has 6 heteroatoms. The van der Waals surface area contributed by atoms with E-state index in [-0.39, 0.29) is 5.69 Å². The fourth-order valence-corrected chi connectivity index (χ4v) is 1.68. The molecule has 0 saturated carbocycles. The lowest BCUT2D eigenvalue weighted by Crippen LogP contribution is -2.21. The second-order valence-corrected chi connectivity index (χ2v) is 4.62. The molecule has 2 rings (SSSR count). The molecule has 0 spiro atoms. The van der Waals surface area contributed by atoms with Gasteiger partial charge in [0.2, 0.25) is 0 Å². The fraction of sp³-hybridized carbons (Fsp3) is 0.125. The minimum absolute atomic E-state index is 0.0790. The van der Waals surface area contributed by atoms with Gasteiger partial charge in [0, 0.05) is 11.8 Å². The number of anilines is 1. The highest BCUT2D eigenvalue weighted by Crippen LogP contribution is 2.13. The van der Waals surface area contributed by atoms with E-state index in [2.05, 4.69) is 5.32 Å². The standard InChI is InChI=1S/C16H13F2NO3/c1-10-2-4-11(5-3-10)16(21)22-9-15(20)19-12-6-7-13(17)14(18)8-12/h2-8H,9H2,1H3,(H,19,20). The molecular formula is C16H13F2NO3. The zero-order chi connectivity index (χ0) is 16.1. The Kier molecular flexibility index (Phi) is 4.83. The highest BCUT2D eigenvalue weighted by molar-refractivity contribution is 5.95. The number of nitrogens with one attached hydrogen (secondary N) is 1. The van der Waals surface area contributed by atoms with Crippen LogP contribution < -0.4 is 5.32 Å². The van der Waals surface area contributed by atoms with Crippen LogP contribution in [-0.2, 0) is 9.53 Å². The number of carbonyl (C=O) groups is 2. The third-order valence-corrected chi connectivity index (χ3v) is 2.82. The molecule has 2 aromatic carbocycles. The highest BCUT2D eigenvalue weighted by atomic mass is 19.2. The number of amides is 1. The predicted molar refractivity (Wildman–Crippen MR) is 76.4 cm³/mol. The molecule has 0 unspecified atom stereocenters. The topological polar surface area (TPSA) is 55.4 Å². The zero-order valence-corrected chi connectivity index (χ0v) is 11.7. The second kappa shape index (κ2) is 6.80. The summed E-state index contributed by atoms with van der Waals surface area (Å²) in [4.78, 5) is 23.3. The Hall–Kier alpha value is -2.76. The molecule has 0 aliphatic heterocycles. The Balaban J connectivity index is 1.88. The van der Waals surface area contributed by atoms with Crippen LogP contribution in [0, 0.1) is 18.6 Å². The van der Waals surface area contributed by atoms with Crippen molar-refractivity contribution in [1.82, 2.24) is 0 Å². The monoisotopic (exact) mass is 305 g/mol. The van der Waals surface area contributed by atoms with Gasteiger partial charge in [-0.15, -0.1) is 0 Å². The number of rotatable bonds is 4. The van der Waals surface area contributed by atoms with Crippen molar-refractivity contribution in [3.63, 3.8) is 0 Å². The van der Waals surface area contributed by atoms with Crippen molar-refractivity contribution in [1.29, 1.82) is 0 Å². The molecule has 0 atom stereocenters. The highest BCUT2D eigenvalue weighted by Gasteiger charge is 2.11. The molecule has 0 heterocycles. The predicted octanol–water partition coefficient (Wildman–Crippen LogP) is 3.07. The van der Waals surface area contributed by atoms with Gasteiger partial charge in [-0.1, -0.05) is 17.7 Å². The van der Waals surface area contributed by atoms with Gasteiger partial charge in [0.25, 0.3) is 5.91 Å². The van der Waals surface area contributed by atoms with E-state index in [0.717, 1.165) is 17.7 Å². The number of ether oxygens (including phenoxy) is 1. The Morgan fingerprint density at radius 3 is 2.36 bits per heavy atom. The zero-order valence-electron chi connectivity index (χ0n) is 11.7. The van der Waals surface area contributed by atoms with Crippen molar-refractivity contribution in [3.8, 4) is 0 Å². The smallest absolute Gasteiger partial charge is 0.338 e. The van der Waals surface area contributed by atoms with Gasteiger partial charge in [0.15, 0.2) is 18.2 Å². The van der Waals surface area contributed by atoms with Gasteiger partial charge in [-0.2, -0.15) is 0 Å². The van der Waals surface area contributed by atoms with Crippen molar-refractivity contribution in [2.75, 3.05) is 11.9 Å². The van der Waals surface area contributed by atoms with Gasteiger partial charge in [0.05, 0.1) is 5.56 Å². The van der Waals surface area contributed by atoms with E-state index in [9.17, 15) is 18.4 Å². The molecule has 0 saturated heterocycles. The van der Waals surface area contributed by atoms with Crippen molar-refractivity contribution in [2.24, 2.45) is 0 Å². The van der Waals surface area contributed by atoms with Gasteiger partial charge in [-0.05, 0) is 31.2 Å². The number of hydrogen-bond donors (Lipinski definition) is 1. The molecular weight excluding hydrogens is 292 g/mol. The first-order valence-corrected chi connectivity index (χ1v) is 6.44. The van der Waals surface area contributed by atoms with Crippen LogP contribution in [0.3, 0.4) is 0 Å². The van der Waals surface area contributed by atoms with Gasteiger partial charge >= 0.3 is 5.97 Å². The first-order valence-electron chi connectivity index (χ1n) is 6.44. The largest absolute Gasteiger partial charge is 0.452 e. The maximum atomic E-state index is 13.0. The molecule has 0 fully saturated rings. The Morgan fingerprint density at radius 2 is 1.73 bits per heavy atom. The first kappa shape index (κ1) is 15.6. The second-order valence-electron chi connectivity index (χ2n) is 4.62. The molecule has 2 aromatic rings. The third-order valence-electron chi connectivity index (χ3n) is 2.82. The van der Waals surface area contributed by atoms with E-state index < -0.39 is 30.1 Å². The van der Waals surface area contributed by atoms with Gasteiger partial charge in [-0.25, -0.2) is 13.6 Å². The maximum Gasteiger partial charge on any atom is 0.338 e. The van der Waals surface area contributed by atoms with Crippen molar-refractivity contribution >= 4 is 17.6 Å². The van der Waals surface area contributed by atoms with Crippen LogP contribution in [-0.4, -0.2) is 18.5 Å². The van der Waals surface area contributed by atoms with Crippen LogP contribution in [0.4, 0.5) is 14.5 Å². The summed E-state index contributed by atoms with van der Waals surface area (Å²) in [6, 6.07) is 9.61. The minimum Gasteiger partial charge on any atom is -0.452 e. The van der Waals surface area contributed by atoms with Gasteiger partial charge in [0.1, 0.15) is 0 Å². The number of aryl methyl sites for hydroxylation is 1. The summed E-state index contributed by atoms with van der Waals surface area (Å²) >= 11 is 0. The fourth-order valence-electron chi connectivity index (χ4n) is 1.68. The molecule has 114 valence electrons. The summed E-state index contributed by atoms with van der Waals surface area (Å²) in [5.41, 5.74) is 1.40. The SMILES string of the molecule is Cc1ccc(C(=O)OCC(=O)Nc2ccc(F)c(F)c2)cc1. The maximum absolute atomic E-state index is 13.0. The molecule has 0 aliphatic carbocycles. The van der Waals surface area contributed by atoms with Gasteiger partial charge < -0.3 is 10.1 Å². The molecule has 22 heavy (non-hydrogen) atoms. The molecule has 1 N–H and O–H groups in total. The summed E-state index contributed by atoms with van der Waals surface area (Å²) in [7, 11) is 0. The lowest BCUT2D eigenvalue weighted by Gasteiger charge is -2.07. The molecule has 0 aromatic heterocycles. The van der Waals surface area contributed by atoms with E-state index in [1.807, 2.05) is 6.92 Å². The van der Waals surface area contributed by atoms with Crippen LogP contribution in [0.25, 0.3) is 0 Å². The van der Waals surface area contributed by atoms with Crippen LogP contribution >= 0.6 is 0 Å². The van der Waals surface area contributed by atoms with E-state index >= 15 is 0 Å². The minimum atomic E-state index is -1.07. The number of esters is 1. The Labute approximate surface area is 125 Å². The average molecular weight is 305 g/mol. The van der Waals surface area contributed by atoms with Crippen LogP contribution in [0.2, 0.25) is 0 Å². The van der Waals surface area contributed by atoms with Crippen molar-refractivity contribution in [2.45, 2.75) is 6.92 Å². The number of halogens is 2. The summed E-state index contributed by atoms with van der Waals surface area (Å²) in [6.45, 7) is 1.36. The van der Waals surface area contributed by atoms with Crippen LogP contribution in [0.15, 0.2) is 42.5 Å². The summed E-state index contributed by atoms with van der Waals surface area (Å²) in [5, 5.41) is 2.30. The van der Waals surface area contributed by atoms with Crippen LogP contribution in [0.5, 0.6) is 0 Å². The normalized spacial score (nSPS) is 10.1. The quantitative estimate of drug-likeness (QED) is 0.883. The Morgan fingerprint density at radius 1 is 1.05 bits per heavy atom. The van der Waals surface area contributed by atoms with Crippen LogP contribution in [0.1, 0.15) is 15.9 Å².